The minimum Gasteiger partial charge on any atom is -0.341 e. The molecule has 3 heteroatoms. The van der Waals surface area contributed by atoms with Gasteiger partial charge in [0.25, 0.3) is 0 Å². The van der Waals surface area contributed by atoms with E-state index in [9.17, 15) is 4.79 Å². The number of hydrogen-bond donors (Lipinski definition) is 0. The van der Waals surface area contributed by atoms with E-state index in [4.69, 9.17) is 4.84 Å². The van der Waals surface area contributed by atoms with E-state index in [2.05, 4.69) is 0 Å². The summed E-state index contributed by atoms with van der Waals surface area (Å²) in [6.07, 6.45) is 0.391. The van der Waals surface area contributed by atoms with Crippen LogP contribution in [0.1, 0.15) is 25.8 Å². The number of nitrogens with zero attached hydrogens (tertiary/aromatic N) is 1. The molecule has 1 aromatic rings. The minimum absolute atomic E-state index is 0.211. The van der Waals surface area contributed by atoms with Gasteiger partial charge in [-0.05, 0) is 26.0 Å². The highest BCUT2D eigenvalue weighted by Crippen LogP contribution is 2.15. The van der Waals surface area contributed by atoms with E-state index in [0.29, 0.717) is 13.0 Å². The van der Waals surface area contributed by atoms with Gasteiger partial charge in [0.15, 0.2) is 0 Å². The van der Waals surface area contributed by atoms with Crippen LogP contribution < -0.4 is 5.06 Å². The lowest BCUT2D eigenvalue weighted by Gasteiger charge is -2.21. The van der Waals surface area contributed by atoms with Crippen molar-refractivity contribution >= 4 is 11.7 Å². The zero-order valence-electron chi connectivity index (χ0n) is 9.49. The molecular formula is C12H17NO2. The zero-order chi connectivity index (χ0) is 11.3. The predicted molar refractivity (Wildman–Crippen MR) is 60.6 cm³/mol. The third kappa shape index (κ3) is 3.27. The van der Waals surface area contributed by atoms with Gasteiger partial charge >= 0.3 is 5.97 Å². The fraction of sp³-hybridized carbons (Fsp3) is 0.417. The SMILES string of the molecule is CCC(=O)ON(CC)c1ccc(C)cc1. The summed E-state index contributed by atoms with van der Waals surface area (Å²) in [7, 11) is 0. The Hall–Kier alpha value is -1.51. The molecule has 0 unspecified atom stereocenters. The standard InChI is InChI=1S/C12H17NO2/c1-4-12(14)15-13(5-2)11-8-6-10(3)7-9-11/h6-9H,4-5H2,1-3H3. The number of rotatable bonds is 4. The number of benzene rings is 1. The lowest BCUT2D eigenvalue weighted by Crippen LogP contribution is -2.26. The Bertz CT molecular complexity index is 319. The van der Waals surface area contributed by atoms with Crippen LogP contribution in [-0.4, -0.2) is 12.5 Å². The first-order chi connectivity index (χ1) is 7.17. The maximum Gasteiger partial charge on any atom is 0.332 e. The molecule has 0 N–H and O–H groups in total. The van der Waals surface area contributed by atoms with Crippen molar-refractivity contribution in [3.05, 3.63) is 29.8 Å². The molecule has 1 aromatic carbocycles. The molecule has 3 nitrogen and oxygen atoms in total. The van der Waals surface area contributed by atoms with Crippen LogP contribution in [-0.2, 0) is 9.63 Å². The molecule has 0 aliphatic heterocycles. The molecule has 82 valence electrons. The number of hydrogen-bond acceptors (Lipinski definition) is 3. The third-order valence-electron chi connectivity index (χ3n) is 2.11. The molecule has 0 aromatic heterocycles. The van der Waals surface area contributed by atoms with Crippen LogP contribution in [0.3, 0.4) is 0 Å². The summed E-state index contributed by atoms with van der Waals surface area (Å²) in [5, 5.41) is 1.60. The number of anilines is 1. The van der Waals surface area contributed by atoms with Gasteiger partial charge in [0.1, 0.15) is 0 Å². The van der Waals surface area contributed by atoms with Crippen LogP contribution in [0.25, 0.3) is 0 Å². The minimum atomic E-state index is -0.211. The van der Waals surface area contributed by atoms with Gasteiger partial charge in [0, 0.05) is 6.42 Å². The van der Waals surface area contributed by atoms with Gasteiger partial charge in [-0.2, -0.15) is 0 Å². The first-order valence-corrected chi connectivity index (χ1v) is 5.22. The van der Waals surface area contributed by atoms with Crippen LogP contribution in [0.4, 0.5) is 5.69 Å². The Balaban J connectivity index is 2.74. The highest BCUT2D eigenvalue weighted by Gasteiger charge is 2.08. The van der Waals surface area contributed by atoms with Crippen molar-refractivity contribution in [1.82, 2.24) is 0 Å². The summed E-state index contributed by atoms with van der Waals surface area (Å²) in [4.78, 5) is 16.3. The molecule has 0 bridgehead atoms. The molecule has 0 fully saturated rings. The first-order valence-electron chi connectivity index (χ1n) is 5.22. The Morgan fingerprint density at radius 2 is 1.87 bits per heavy atom. The second-order valence-corrected chi connectivity index (χ2v) is 3.35. The van der Waals surface area contributed by atoms with Gasteiger partial charge in [-0.15, -0.1) is 0 Å². The van der Waals surface area contributed by atoms with Crippen LogP contribution in [0.2, 0.25) is 0 Å². The van der Waals surface area contributed by atoms with Gasteiger partial charge in [0.2, 0.25) is 0 Å². The lowest BCUT2D eigenvalue weighted by atomic mass is 10.2. The number of hydroxylamine groups is 1. The van der Waals surface area contributed by atoms with E-state index < -0.39 is 0 Å². The zero-order valence-corrected chi connectivity index (χ0v) is 9.49. The smallest absolute Gasteiger partial charge is 0.332 e. The second kappa shape index (κ2) is 5.39. The summed E-state index contributed by atoms with van der Waals surface area (Å²) in [6, 6.07) is 7.89. The lowest BCUT2D eigenvalue weighted by molar-refractivity contribution is -0.144. The molecule has 1 rings (SSSR count). The molecule has 0 atom stereocenters. The van der Waals surface area contributed by atoms with Crippen LogP contribution in [0.5, 0.6) is 0 Å². The molecule has 0 heterocycles. The first kappa shape index (κ1) is 11.6. The number of carbonyl (C=O) groups is 1. The molecule has 0 amide bonds. The predicted octanol–water partition coefficient (Wildman–Crippen LogP) is 2.69. The summed E-state index contributed by atoms with van der Waals surface area (Å²) in [5.41, 5.74) is 2.10. The molecule has 0 aliphatic carbocycles. The van der Waals surface area contributed by atoms with E-state index in [-0.39, 0.29) is 5.97 Å². The van der Waals surface area contributed by atoms with Crippen LogP contribution in [0, 0.1) is 6.92 Å². The average Bonchev–Trinajstić information content (AvgIpc) is 2.27. The van der Waals surface area contributed by atoms with Gasteiger partial charge in [-0.3, -0.25) is 0 Å². The van der Waals surface area contributed by atoms with E-state index in [0.717, 1.165) is 5.69 Å². The molecule has 0 aliphatic rings. The van der Waals surface area contributed by atoms with Gasteiger partial charge in [-0.1, -0.05) is 24.6 Å². The maximum absolute atomic E-state index is 11.2. The van der Waals surface area contributed by atoms with E-state index >= 15 is 0 Å². The Morgan fingerprint density at radius 3 is 2.33 bits per heavy atom. The fourth-order valence-corrected chi connectivity index (χ4v) is 1.20. The Kier molecular flexibility index (Phi) is 4.16. The molecule has 0 radical (unpaired) electrons. The number of carbonyl (C=O) groups excluding carboxylic acids is 1. The maximum atomic E-state index is 11.2. The average molecular weight is 207 g/mol. The second-order valence-electron chi connectivity index (χ2n) is 3.35. The van der Waals surface area contributed by atoms with Crippen molar-refractivity contribution in [3.63, 3.8) is 0 Å². The van der Waals surface area contributed by atoms with Crippen molar-refractivity contribution in [2.24, 2.45) is 0 Å². The Morgan fingerprint density at radius 1 is 1.27 bits per heavy atom. The molecular weight excluding hydrogens is 190 g/mol. The molecule has 15 heavy (non-hydrogen) atoms. The van der Waals surface area contributed by atoms with Gasteiger partial charge in [-0.25, -0.2) is 9.86 Å². The molecule has 0 saturated heterocycles. The topological polar surface area (TPSA) is 29.5 Å². The highest BCUT2D eigenvalue weighted by molar-refractivity contribution is 5.70. The monoisotopic (exact) mass is 207 g/mol. The van der Waals surface area contributed by atoms with Crippen molar-refractivity contribution in [2.45, 2.75) is 27.2 Å². The molecule has 0 spiro atoms. The van der Waals surface area contributed by atoms with Crippen molar-refractivity contribution < 1.29 is 9.63 Å². The summed E-state index contributed by atoms with van der Waals surface area (Å²) in [5.74, 6) is -0.211. The van der Waals surface area contributed by atoms with E-state index in [1.54, 1.807) is 12.0 Å². The van der Waals surface area contributed by atoms with Crippen LogP contribution >= 0.6 is 0 Å². The third-order valence-corrected chi connectivity index (χ3v) is 2.11. The summed E-state index contributed by atoms with van der Waals surface area (Å²) < 4.78 is 0. The van der Waals surface area contributed by atoms with Crippen molar-refractivity contribution in [2.75, 3.05) is 11.6 Å². The summed E-state index contributed by atoms with van der Waals surface area (Å²) >= 11 is 0. The quantitative estimate of drug-likeness (QED) is 0.711. The molecule has 0 saturated carbocycles. The van der Waals surface area contributed by atoms with E-state index in [1.165, 1.54) is 5.56 Å². The van der Waals surface area contributed by atoms with Gasteiger partial charge in [0.05, 0.1) is 12.2 Å². The largest absolute Gasteiger partial charge is 0.341 e. The highest BCUT2D eigenvalue weighted by atomic mass is 16.7. The van der Waals surface area contributed by atoms with Crippen LogP contribution in [0.15, 0.2) is 24.3 Å². The normalized spacial score (nSPS) is 9.80. The van der Waals surface area contributed by atoms with E-state index in [1.807, 2.05) is 38.1 Å². The fourth-order valence-electron chi connectivity index (χ4n) is 1.20. The Labute approximate surface area is 90.6 Å². The number of aryl methyl sites for hydroxylation is 1. The van der Waals surface area contributed by atoms with Crippen molar-refractivity contribution in [1.29, 1.82) is 0 Å². The van der Waals surface area contributed by atoms with Gasteiger partial charge < -0.3 is 4.84 Å². The van der Waals surface area contributed by atoms with Crippen molar-refractivity contribution in [3.8, 4) is 0 Å². The summed E-state index contributed by atoms with van der Waals surface area (Å²) in [6.45, 7) is 6.40.